The molecule has 2 spiro atoms. The Morgan fingerprint density at radius 1 is 0.266 bits per heavy atom. The summed E-state index contributed by atoms with van der Waals surface area (Å²) in [5.41, 5.74) is 34.1. The Labute approximate surface area is 640 Å². The highest BCUT2D eigenvalue weighted by molar-refractivity contribution is 6.31. The van der Waals surface area contributed by atoms with Gasteiger partial charge in [-0.05, 0) is 184 Å². The van der Waals surface area contributed by atoms with Crippen LogP contribution in [-0.4, -0.2) is 0 Å². The number of fused-ring (bicyclic) bond motifs is 24. The van der Waals surface area contributed by atoms with Crippen LogP contribution in [0.15, 0.2) is 385 Å². The van der Waals surface area contributed by atoms with Crippen LogP contribution in [0.4, 0.5) is 28.4 Å². The fourth-order valence-corrected chi connectivity index (χ4v) is 19.1. The number of hydrogen-bond acceptors (Lipinski definition) is 4. The van der Waals surface area contributed by atoms with E-state index < -0.39 is 5.41 Å². The number of anilines is 5. The van der Waals surface area contributed by atoms with Gasteiger partial charge in [-0.15, -0.1) is 0 Å². The van der Waals surface area contributed by atoms with Gasteiger partial charge in [-0.25, -0.2) is 0 Å². The van der Waals surface area contributed by atoms with Crippen molar-refractivity contribution in [2.45, 2.75) is 49.4 Å². The maximum atomic E-state index is 6.70. The van der Waals surface area contributed by atoms with Crippen molar-refractivity contribution in [3.8, 4) is 44.5 Å². The Morgan fingerprint density at radius 3 is 1.13 bits per heavy atom. The van der Waals surface area contributed by atoms with Gasteiger partial charge in [0.25, 0.3) is 0 Å². The van der Waals surface area contributed by atoms with Crippen LogP contribution in [0.25, 0.3) is 88.4 Å². The van der Waals surface area contributed by atoms with E-state index in [2.05, 4.69) is 378 Å². The van der Waals surface area contributed by atoms with Crippen LogP contribution in [0.2, 0.25) is 5.02 Å². The molecule has 0 bridgehead atoms. The zero-order chi connectivity index (χ0) is 73.2. The second-order valence-electron chi connectivity index (χ2n) is 30.3. The number of furan rings is 2. The van der Waals surface area contributed by atoms with Crippen molar-refractivity contribution in [1.82, 2.24) is 0 Å². The number of nitrogens with zero attached hydrogens (tertiary/aromatic N) is 1. The number of nitrogens with one attached hydrogen (secondary N) is 1. The number of rotatable bonds is 7. The van der Waals surface area contributed by atoms with E-state index >= 15 is 0 Å². The van der Waals surface area contributed by atoms with E-state index in [-0.39, 0.29) is 16.2 Å². The van der Waals surface area contributed by atoms with Gasteiger partial charge in [-0.1, -0.05) is 343 Å². The molecule has 5 heteroatoms. The second-order valence-corrected chi connectivity index (χ2v) is 30.7. The highest BCUT2D eigenvalue weighted by Gasteiger charge is 2.55. The summed E-state index contributed by atoms with van der Waals surface area (Å²) in [4.78, 5) is 2.37. The van der Waals surface area contributed by atoms with Crippen LogP contribution in [0, 0.1) is 0 Å². The van der Waals surface area contributed by atoms with Crippen LogP contribution in [0.5, 0.6) is 0 Å². The highest BCUT2D eigenvalue weighted by Crippen LogP contribution is 2.65. The number of benzene rings is 16. The lowest BCUT2D eigenvalue weighted by Gasteiger charge is -2.46. The van der Waals surface area contributed by atoms with Crippen molar-refractivity contribution in [3.63, 3.8) is 0 Å². The molecule has 2 aromatic heterocycles. The Kier molecular flexibility index (Phi) is 15.4. The van der Waals surface area contributed by atoms with Crippen molar-refractivity contribution in [3.05, 3.63) is 448 Å². The first-order valence-corrected chi connectivity index (χ1v) is 38.1. The first-order chi connectivity index (χ1) is 53.5. The maximum absolute atomic E-state index is 6.70. The summed E-state index contributed by atoms with van der Waals surface area (Å²) in [6.07, 6.45) is 0. The standard InChI is InChI=1S/C52H37NO.C28H21Cl.C24H17NO/c1-51(2)44-21-9-11-23-46(44)52(47-24-12-10-22-45(47)51)42-20-8-6-17-38(42)41-33-37(31-32-43(41)52)53(36-29-27-35(28-30-36)34-15-4-3-5-16-34)48-25-14-19-40-39-18-7-13-26-49(39)54-50(40)48;1-27(2)23-11-5-7-13-25(23)28(26-14-8-6-12-24(26)27)21-10-4-3-9-19(21)20-17-18(29)15-16-22(20)28;1-2-7-17(8-3-1)18-13-15-19(16-14-18)25-22-11-6-10-21-20-9-4-5-12-23(20)26-24(21)22/h3-33H,1-2H3;3-17H,1-2H3;1-16,25H. The van der Waals surface area contributed by atoms with Gasteiger partial charge >= 0.3 is 0 Å². The zero-order valence-electron chi connectivity index (χ0n) is 60.9. The molecule has 0 radical (unpaired) electrons. The Morgan fingerprint density at radius 2 is 0.624 bits per heavy atom. The molecule has 0 amide bonds. The predicted molar refractivity (Wildman–Crippen MR) is 453 cm³/mol. The third-order valence-electron chi connectivity index (χ3n) is 23.8. The number of halogens is 1. The third kappa shape index (κ3) is 10.1. The molecule has 0 aliphatic heterocycles. The van der Waals surface area contributed by atoms with Gasteiger partial charge < -0.3 is 19.1 Å². The van der Waals surface area contributed by atoms with Crippen molar-refractivity contribution in [2.24, 2.45) is 0 Å². The summed E-state index contributed by atoms with van der Waals surface area (Å²) < 4.78 is 12.8. The molecule has 109 heavy (non-hydrogen) atoms. The summed E-state index contributed by atoms with van der Waals surface area (Å²) in [6.45, 7) is 9.45. The minimum atomic E-state index is -0.436. The molecule has 0 saturated carbocycles. The van der Waals surface area contributed by atoms with Crippen LogP contribution in [0.1, 0.15) is 94.5 Å². The minimum absolute atomic E-state index is 0.0530. The van der Waals surface area contributed by atoms with Gasteiger partial charge in [0.15, 0.2) is 11.2 Å². The first kappa shape index (κ1) is 65.5. The fraction of sp³-hybridized carbons (Fsp3) is 0.0769. The van der Waals surface area contributed by atoms with E-state index in [4.69, 9.17) is 20.4 Å². The molecule has 0 saturated heterocycles. The monoisotopic (exact) mass is 1420 g/mol. The van der Waals surface area contributed by atoms with Crippen LogP contribution >= 0.6 is 11.6 Å². The van der Waals surface area contributed by atoms with E-state index in [1.54, 1.807) is 0 Å². The van der Waals surface area contributed by atoms with Crippen molar-refractivity contribution in [1.29, 1.82) is 0 Å². The van der Waals surface area contributed by atoms with Gasteiger partial charge in [0.1, 0.15) is 11.2 Å². The summed E-state index contributed by atoms with van der Waals surface area (Å²) in [5.74, 6) is 0. The minimum Gasteiger partial charge on any atom is -0.454 e. The third-order valence-corrected chi connectivity index (χ3v) is 24.1. The molecule has 2 heterocycles. The Hall–Kier alpha value is -13.0. The van der Waals surface area contributed by atoms with E-state index in [9.17, 15) is 0 Å². The molecule has 16 aromatic carbocycles. The molecule has 22 rings (SSSR count). The molecule has 0 fully saturated rings. The molecule has 0 unspecified atom stereocenters. The lowest BCUT2D eigenvalue weighted by atomic mass is 9.55. The quantitative estimate of drug-likeness (QED) is 0.173. The van der Waals surface area contributed by atoms with Crippen LogP contribution in [-0.2, 0) is 21.7 Å². The van der Waals surface area contributed by atoms with Gasteiger partial charge in [-0.3, -0.25) is 0 Å². The van der Waals surface area contributed by atoms with Crippen LogP contribution in [0.3, 0.4) is 0 Å². The van der Waals surface area contributed by atoms with Gasteiger partial charge in [0.05, 0.1) is 22.2 Å². The van der Waals surface area contributed by atoms with E-state index in [0.29, 0.717) is 0 Å². The lowest BCUT2D eigenvalue weighted by molar-refractivity contribution is 0.563. The SMILES string of the molecule is CC1(C)c2ccccc2C2(c3ccccc3-c3cc(Cl)ccc32)c2ccccc21.CC1(C)c2ccccc2C2(c3ccccc3-c3cc(N(c4ccc(-c5ccccc5)cc4)c4cccc5c4oc4ccccc45)ccc32)c2ccccc21.c1ccc(-c2ccc(Nc3cccc4c3oc3ccccc34)cc2)cc1. The highest BCUT2D eigenvalue weighted by atomic mass is 35.5. The largest absolute Gasteiger partial charge is 0.454 e. The smallest absolute Gasteiger partial charge is 0.159 e. The first-order valence-electron chi connectivity index (χ1n) is 37.7. The summed E-state index contributed by atoms with van der Waals surface area (Å²) in [6, 6.07) is 135. The maximum Gasteiger partial charge on any atom is 0.159 e. The summed E-state index contributed by atoms with van der Waals surface area (Å²) in [7, 11) is 0. The average Bonchev–Trinajstić information content (AvgIpc) is 1.57. The normalized spacial score (nSPS) is 14.2. The summed E-state index contributed by atoms with van der Waals surface area (Å²) >= 11 is 6.46. The molecular formula is C104H75ClN2O2. The second kappa shape index (κ2) is 25.6. The van der Waals surface area contributed by atoms with E-state index in [1.807, 2.05) is 36.4 Å². The van der Waals surface area contributed by atoms with Gasteiger partial charge in [0, 0.05) is 54.5 Å². The molecule has 520 valence electrons. The topological polar surface area (TPSA) is 41.6 Å². The molecule has 4 nitrogen and oxygen atoms in total. The predicted octanol–water partition coefficient (Wildman–Crippen LogP) is 28.1. The average molecular weight is 1420 g/mol. The summed E-state index contributed by atoms with van der Waals surface area (Å²) in [5, 5.41) is 8.78. The van der Waals surface area contributed by atoms with E-state index in [0.717, 1.165) is 77.3 Å². The van der Waals surface area contributed by atoms with E-state index in [1.165, 1.54) is 111 Å². The number of para-hydroxylation sites is 4. The zero-order valence-corrected chi connectivity index (χ0v) is 61.7. The Balaban J connectivity index is 0.000000119. The fourth-order valence-electron chi connectivity index (χ4n) is 19.0. The molecule has 18 aromatic rings. The van der Waals surface area contributed by atoms with Crippen LogP contribution < -0.4 is 10.2 Å². The van der Waals surface area contributed by atoms with Crippen molar-refractivity contribution >= 4 is 83.9 Å². The lowest BCUT2D eigenvalue weighted by Crippen LogP contribution is -2.40. The number of hydrogen-bond donors (Lipinski definition) is 1. The molecule has 4 aliphatic carbocycles. The van der Waals surface area contributed by atoms with Gasteiger partial charge in [0.2, 0.25) is 0 Å². The van der Waals surface area contributed by atoms with Crippen molar-refractivity contribution < 1.29 is 8.83 Å². The molecular weight excluding hydrogens is 1340 g/mol. The molecule has 4 aliphatic rings. The van der Waals surface area contributed by atoms with Crippen molar-refractivity contribution in [2.75, 3.05) is 10.2 Å². The van der Waals surface area contributed by atoms with Gasteiger partial charge in [-0.2, -0.15) is 0 Å². The molecule has 0 atom stereocenters. The Bertz CT molecular complexity index is 6500. The molecule has 1 N–H and O–H groups in total.